The van der Waals surface area contributed by atoms with E-state index >= 15 is 0 Å². The van der Waals surface area contributed by atoms with Crippen LogP contribution in [0.25, 0.3) is 0 Å². The summed E-state index contributed by atoms with van der Waals surface area (Å²) in [6.07, 6.45) is 4.65. The van der Waals surface area contributed by atoms with Gasteiger partial charge in [-0.15, -0.1) is 28.2 Å². The van der Waals surface area contributed by atoms with Gasteiger partial charge in [-0.1, -0.05) is 56.7 Å². The Labute approximate surface area is 232 Å². The number of carbonyl (C=O) groups is 3. The number of carbonyl (C=O) groups excluding carboxylic acids is 3. The van der Waals surface area contributed by atoms with E-state index in [4.69, 9.17) is 0 Å². The number of imide groups is 1. The Bertz CT molecular complexity index is 1160. The van der Waals surface area contributed by atoms with Gasteiger partial charge in [-0.05, 0) is 41.5 Å². The number of thiophene rings is 1. The monoisotopic (exact) mass is 554 g/mol. The largest absolute Gasteiger partial charge is 0.349 e. The van der Waals surface area contributed by atoms with Crippen molar-refractivity contribution in [3.05, 3.63) is 77.9 Å². The van der Waals surface area contributed by atoms with Crippen LogP contribution in [0.2, 0.25) is 0 Å². The van der Waals surface area contributed by atoms with Gasteiger partial charge in [0, 0.05) is 25.4 Å². The van der Waals surface area contributed by atoms with Crippen molar-refractivity contribution in [2.45, 2.75) is 43.4 Å². The molecular formula is C28H34N4O4S2. The predicted octanol–water partition coefficient (Wildman–Crippen LogP) is 5.49. The summed E-state index contributed by atoms with van der Waals surface area (Å²) in [6.45, 7) is 4.13. The Morgan fingerprint density at radius 2 is 1.79 bits per heavy atom. The molecule has 8 nitrogen and oxygen atoms in total. The van der Waals surface area contributed by atoms with E-state index in [-0.39, 0.29) is 11.5 Å². The van der Waals surface area contributed by atoms with E-state index in [1.807, 2.05) is 47.8 Å². The molecule has 1 aromatic carbocycles. The van der Waals surface area contributed by atoms with Crippen LogP contribution >= 0.6 is 23.1 Å². The van der Waals surface area contributed by atoms with Crippen LogP contribution in [-0.4, -0.2) is 51.9 Å². The third kappa shape index (κ3) is 8.68. The molecule has 0 unspecified atom stereocenters. The quantitative estimate of drug-likeness (QED) is 0.174. The molecule has 38 heavy (non-hydrogen) atoms. The number of nitrogens with one attached hydrogen (secondary N) is 1. The second kappa shape index (κ2) is 14.7. The van der Waals surface area contributed by atoms with Crippen LogP contribution in [0.5, 0.6) is 0 Å². The van der Waals surface area contributed by atoms with E-state index in [0.29, 0.717) is 23.8 Å². The summed E-state index contributed by atoms with van der Waals surface area (Å²) in [5, 5.41) is 15.3. The molecule has 202 valence electrons. The second-order valence-corrected chi connectivity index (χ2v) is 11.6. The van der Waals surface area contributed by atoms with Gasteiger partial charge in [0.25, 0.3) is 5.91 Å². The van der Waals surface area contributed by atoms with Crippen LogP contribution in [0, 0.1) is 11.8 Å². The molecule has 0 saturated heterocycles. The summed E-state index contributed by atoms with van der Waals surface area (Å²) in [4.78, 5) is 45.2. The zero-order chi connectivity index (χ0) is 27.5. The number of aromatic nitrogens is 1. The molecule has 2 aromatic heterocycles. The normalized spacial score (nSPS) is 12.6. The number of urea groups is 1. The Hall–Kier alpha value is -3.21. The number of hydrogen-bond donors (Lipinski definition) is 2. The van der Waals surface area contributed by atoms with Crippen molar-refractivity contribution in [1.82, 2.24) is 15.4 Å². The highest BCUT2D eigenvalue weighted by molar-refractivity contribution is 8.01. The fourth-order valence-electron chi connectivity index (χ4n) is 3.79. The zero-order valence-corrected chi connectivity index (χ0v) is 23.5. The number of anilines is 1. The molecule has 0 saturated carbocycles. The van der Waals surface area contributed by atoms with Crippen LogP contribution in [-0.2, 0) is 16.0 Å². The van der Waals surface area contributed by atoms with Gasteiger partial charge in [0.05, 0.1) is 22.0 Å². The third-order valence-corrected chi connectivity index (χ3v) is 8.30. The van der Waals surface area contributed by atoms with E-state index in [2.05, 4.69) is 24.1 Å². The van der Waals surface area contributed by atoms with Crippen molar-refractivity contribution < 1.29 is 19.6 Å². The maximum Gasteiger partial charge on any atom is 0.349 e. The first kappa shape index (κ1) is 29.3. The lowest BCUT2D eigenvalue weighted by atomic mass is 9.98. The Kier molecular flexibility index (Phi) is 11.3. The van der Waals surface area contributed by atoms with Gasteiger partial charge in [-0.3, -0.25) is 19.8 Å². The number of pyridine rings is 1. The lowest BCUT2D eigenvalue weighted by Crippen LogP contribution is -2.54. The Morgan fingerprint density at radius 3 is 2.42 bits per heavy atom. The summed E-state index contributed by atoms with van der Waals surface area (Å²) in [6, 6.07) is 14.6. The highest BCUT2D eigenvalue weighted by Gasteiger charge is 2.32. The molecule has 3 aromatic rings. The number of hydrogen-bond acceptors (Lipinski definition) is 7. The molecule has 0 fully saturated rings. The van der Waals surface area contributed by atoms with E-state index < -0.39 is 29.8 Å². The molecule has 10 heteroatoms. The topological polar surface area (TPSA) is 103 Å². The number of rotatable bonds is 12. The van der Waals surface area contributed by atoms with Gasteiger partial charge in [-0.25, -0.2) is 4.79 Å². The van der Waals surface area contributed by atoms with E-state index in [0.717, 1.165) is 16.2 Å². The molecule has 0 aliphatic rings. The molecule has 2 N–H and O–H groups in total. The lowest BCUT2D eigenvalue weighted by Gasteiger charge is -2.27. The van der Waals surface area contributed by atoms with Crippen molar-refractivity contribution in [3.8, 4) is 0 Å². The number of hydroxylamine groups is 2. The summed E-state index contributed by atoms with van der Waals surface area (Å²) in [7, 11) is 1.59. The molecule has 2 atom stereocenters. The fraction of sp³-hybridized carbons (Fsp3) is 0.357. The van der Waals surface area contributed by atoms with E-state index in [1.54, 1.807) is 42.9 Å². The number of thioether (sulfide) groups is 1. The number of nitrogens with zero attached hydrogens (tertiary/aromatic N) is 3. The first-order valence-corrected chi connectivity index (χ1v) is 14.3. The Balaban J connectivity index is 1.74. The minimum Gasteiger partial charge on any atom is -0.324 e. The minimum absolute atomic E-state index is 0.134. The van der Waals surface area contributed by atoms with E-state index in [1.165, 1.54) is 16.7 Å². The summed E-state index contributed by atoms with van der Waals surface area (Å²) in [5.74, 6) is -0.832. The molecule has 0 radical (unpaired) electrons. The number of amides is 4. The molecule has 4 amide bonds. The van der Waals surface area contributed by atoms with Gasteiger partial charge < -0.3 is 10.2 Å². The van der Waals surface area contributed by atoms with Gasteiger partial charge in [-0.2, -0.15) is 0 Å². The van der Waals surface area contributed by atoms with Crippen LogP contribution < -0.4 is 10.2 Å². The molecule has 2 heterocycles. The maximum atomic E-state index is 13.4. The molecule has 3 rings (SSSR count). The molecular weight excluding hydrogens is 520 g/mol. The summed E-state index contributed by atoms with van der Waals surface area (Å²) in [5.41, 5.74) is 1.38. The van der Waals surface area contributed by atoms with Gasteiger partial charge in [0.2, 0.25) is 5.91 Å². The lowest BCUT2D eigenvalue weighted by molar-refractivity contribution is -0.157. The van der Waals surface area contributed by atoms with Crippen LogP contribution in [0.1, 0.15) is 32.3 Å². The number of benzene rings is 1. The van der Waals surface area contributed by atoms with Crippen molar-refractivity contribution in [3.63, 3.8) is 0 Å². The standard InChI is InChI=1S/C28H34N4O4S2/c1-20(2)13-14-22(19-38-25-12-8-16-37-25)26(33)32(36)28(35)30-24(17-21-9-5-4-6-10-21)27(34)31(3)23-11-7-15-29-18-23/h4-12,15-16,18,20,22,24,36H,13-14,17,19H2,1-3H3,(H,30,35)/t22-,24+/m1/s1. The molecule has 0 aliphatic heterocycles. The molecule has 0 spiro atoms. The zero-order valence-electron chi connectivity index (χ0n) is 21.8. The molecule has 0 bridgehead atoms. The third-order valence-electron chi connectivity index (χ3n) is 6.01. The van der Waals surface area contributed by atoms with Crippen molar-refractivity contribution in [2.75, 3.05) is 17.7 Å². The Morgan fingerprint density at radius 1 is 1.03 bits per heavy atom. The average Bonchev–Trinajstić information content (AvgIpc) is 3.45. The second-order valence-electron chi connectivity index (χ2n) is 9.36. The average molecular weight is 555 g/mol. The predicted molar refractivity (Wildman–Crippen MR) is 151 cm³/mol. The van der Waals surface area contributed by atoms with Crippen molar-refractivity contribution >= 4 is 46.6 Å². The van der Waals surface area contributed by atoms with Gasteiger partial charge >= 0.3 is 6.03 Å². The SMILES string of the molecule is CC(C)CC[C@H](CSc1cccs1)C(=O)N(O)C(=O)N[C@@H](Cc1ccccc1)C(=O)N(C)c1cccnc1. The highest BCUT2D eigenvalue weighted by atomic mass is 32.2. The maximum absolute atomic E-state index is 13.4. The summed E-state index contributed by atoms with van der Waals surface area (Å²) < 4.78 is 1.06. The smallest absolute Gasteiger partial charge is 0.324 e. The highest BCUT2D eigenvalue weighted by Crippen LogP contribution is 2.28. The van der Waals surface area contributed by atoms with E-state index in [9.17, 15) is 19.6 Å². The van der Waals surface area contributed by atoms with Crippen LogP contribution in [0.4, 0.5) is 10.5 Å². The summed E-state index contributed by atoms with van der Waals surface area (Å²) >= 11 is 3.11. The van der Waals surface area contributed by atoms with Gasteiger partial charge in [0.1, 0.15) is 6.04 Å². The first-order valence-electron chi connectivity index (χ1n) is 12.5. The number of likely N-dealkylation sites (N-methyl/N-ethyl adjacent to an activating group) is 1. The first-order chi connectivity index (χ1) is 18.3. The minimum atomic E-state index is -1.03. The van der Waals surface area contributed by atoms with Crippen LogP contribution in [0.3, 0.4) is 0 Å². The van der Waals surface area contributed by atoms with Crippen molar-refractivity contribution in [2.24, 2.45) is 11.8 Å². The molecule has 0 aliphatic carbocycles. The fourth-order valence-corrected chi connectivity index (χ4v) is 5.73. The van der Waals surface area contributed by atoms with Crippen LogP contribution in [0.15, 0.2) is 76.6 Å². The van der Waals surface area contributed by atoms with Crippen molar-refractivity contribution in [1.29, 1.82) is 0 Å². The van der Waals surface area contributed by atoms with Gasteiger partial charge in [0.15, 0.2) is 0 Å².